The number of carbonyl (C=O) groups is 2. The summed E-state index contributed by atoms with van der Waals surface area (Å²) in [7, 11) is 0. The third-order valence-corrected chi connectivity index (χ3v) is 4.20. The first-order chi connectivity index (χ1) is 10.2. The third kappa shape index (κ3) is 3.26. The van der Waals surface area contributed by atoms with E-state index in [0.29, 0.717) is 12.3 Å². The van der Waals surface area contributed by atoms with Crippen LogP contribution in [0.2, 0.25) is 0 Å². The molecule has 4 nitrogen and oxygen atoms in total. The molecule has 1 saturated carbocycles. The van der Waals surface area contributed by atoms with E-state index in [2.05, 4.69) is 12.2 Å². The van der Waals surface area contributed by atoms with Gasteiger partial charge in [0.2, 0.25) is 5.91 Å². The molecule has 112 valence electrons. The van der Waals surface area contributed by atoms with Crippen LogP contribution in [0.4, 0.5) is 5.69 Å². The number of anilines is 1. The Kier molecular flexibility index (Phi) is 3.95. The van der Waals surface area contributed by atoms with Crippen molar-refractivity contribution in [3.05, 3.63) is 29.3 Å². The summed E-state index contributed by atoms with van der Waals surface area (Å²) in [5.74, 6) is 0.892. The van der Waals surface area contributed by atoms with Gasteiger partial charge in [-0.1, -0.05) is 6.92 Å². The maximum Gasteiger partial charge on any atom is 0.253 e. The second-order valence-corrected chi connectivity index (χ2v) is 6.11. The normalized spacial score (nSPS) is 17.1. The number of fused-ring (bicyclic) bond motifs is 1. The molecule has 0 radical (unpaired) electrons. The molecule has 0 aromatic heterocycles. The van der Waals surface area contributed by atoms with Crippen LogP contribution in [0.15, 0.2) is 18.2 Å². The number of nitrogens with one attached hydrogen (secondary N) is 1. The Balaban J connectivity index is 1.78. The summed E-state index contributed by atoms with van der Waals surface area (Å²) in [6.45, 7) is 3.82. The monoisotopic (exact) mass is 286 g/mol. The van der Waals surface area contributed by atoms with Gasteiger partial charge in [-0.15, -0.1) is 0 Å². The summed E-state index contributed by atoms with van der Waals surface area (Å²) in [6.07, 6.45) is 4.72. The Bertz CT molecular complexity index is 564. The van der Waals surface area contributed by atoms with Gasteiger partial charge >= 0.3 is 0 Å². The van der Waals surface area contributed by atoms with E-state index < -0.39 is 0 Å². The van der Waals surface area contributed by atoms with Gasteiger partial charge in [0.25, 0.3) is 5.91 Å². The molecule has 1 aromatic rings. The molecule has 1 heterocycles. The van der Waals surface area contributed by atoms with Crippen LogP contribution in [0.1, 0.15) is 48.5 Å². The van der Waals surface area contributed by atoms with Crippen molar-refractivity contribution in [1.82, 2.24) is 4.90 Å². The molecule has 2 amide bonds. The molecular formula is C17H22N2O2. The minimum Gasteiger partial charge on any atom is -0.338 e. The summed E-state index contributed by atoms with van der Waals surface area (Å²) in [5.41, 5.74) is 2.68. The number of hydrogen-bond donors (Lipinski definition) is 1. The van der Waals surface area contributed by atoms with Gasteiger partial charge in [-0.05, 0) is 55.4 Å². The number of hydrogen-bond acceptors (Lipinski definition) is 2. The van der Waals surface area contributed by atoms with Crippen LogP contribution in [-0.4, -0.2) is 29.8 Å². The third-order valence-electron chi connectivity index (χ3n) is 4.20. The van der Waals surface area contributed by atoms with Crippen molar-refractivity contribution in [3.8, 4) is 0 Å². The first-order valence-corrected chi connectivity index (χ1v) is 7.89. The molecule has 0 atom stereocenters. The SMILES string of the molecule is CCCN(CC1CC1)C(=O)c1ccc2c(c1)CCC(=O)N2. The van der Waals surface area contributed by atoms with Crippen LogP contribution in [0, 0.1) is 5.92 Å². The average molecular weight is 286 g/mol. The first kappa shape index (κ1) is 14.1. The molecule has 1 aliphatic carbocycles. The number of rotatable bonds is 5. The lowest BCUT2D eigenvalue weighted by Crippen LogP contribution is -2.33. The van der Waals surface area contributed by atoms with Gasteiger partial charge in [-0.25, -0.2) is 0 Å². The van der Waals surface area contributed by atoms with Gasteiger partial charge in [0.05, 0.1) is 0 Å². The van der Waals surface area contributed by atoms with E-state index in [9.17, 15) is 9.59 Å². The maximum atomic E-state index is 12.7. The van der Waals surface area contributed by atoms with Crippen molar-refractivity contribution in [2.75, 3.05) is 18.4 Å². The van der Waals surface area contributed by atoms with Gasteiger partial charge in [-0.2, -0.15) is 0 Å². The van der Waals surface area contributed by atoms with Gasteiger partial charge < -0.3 is 10.2 Å². The zero-order chi connectivity index (χ0) is 14.8. The van der Waals surface area contributed by atoms with E-state index in [1.807, 2.05) is 23.1 Å². The van der Waals surface area contributed by atoms with Crippen molar-refractivity contribution in [2.24, 2.45) is 5.92 Å². The number of carbonyl (C=O) groups excluding carboxylic acids is 2. The molecule has 1 aliphatic heterocycles. The minimum atomic E-state index is 0.0583. The molecule has 4 heteroatoms. The largest absolute Gasteiger partial charge is 0.338 e. The zero-order valence-electron chi connectivity index (χ0n) is 12.5. The highest BCUT2D eigenvalue weighted by Crippen LogP contribution is 2.30. The molecule has 3 rings (SSSR count). The zero-order valence-corrected chi connectivity index (χ0v) is 12.5. The van der Waals surface area contributed by atoms with Crippen molar-refractivity contribution in [1.29, 1.82) is 0 Å². The second-order valence-electron chi connectivity index (χ2n) is 6.11. The van der Waals surface area contributed by atoms with Crippen LogP contribution in [0.3, 0.4) is 0 Å². The fourth-order valence-corrected chi connectivity index (χ4v) is 2.86. The number of benzene rings is 1. The Morgan fingerprint density at radius 2 is 2.14 bits per heavy atom. The van der Waals surface area contributed by atoms with Crippen LogP contribution in [0.25, 0.3) is 0 Å². The van der Waals surface area contributed by atoms with Crippen molar-refractivity contribution in [2.45, 2.75) is 39.0 Å². The molecule has 0 saturated heterocycles. The van der Waals surface area contributed by atoms with Crippen LogP contribution in [0.5, 0.6) is 0 Å². The predicted octanol–water partition coefficient (Wildman–Crippen LogP) is 2.83. The smallest absolute Gasteiger partial charge is 0.253 e. The topological polar surface area (TPSA) is 49.4 Å². The minimum absolute atomic E-state index is 0.0583. The Morgan fingerprint density at radius 3 is 2.86 bits per heavy atom. The number of nitrogens with zero attached hydrogens (tertiary/aromatic N) is 1. The molecule has 1 N–H and O–H groups in total. The molecule has 21 heavy (non-hydrogen) atoms. The average Bonchev–Trinajstić information content (AvgIpc) is 3.29. The van der Waals surface area contributed by atoms with Crippen LogP contribution < -0.4 is 5.32 Å². The molecule has 2 aliphatic rings. The highest BCUT2D eigenvalue weighted by Gasteiger charge is 2.27. The molecule has 0 unspecified atom stereocenters. The predicted molar refractivity (Wildman–Crippen MR) is 82.3 cm³/mol. The van der Waals surface area contributed by atoms with E-state index in [1.165, 1.54) is 12.8 Å². The quantitative estimate of drug-likeness (QED) is 0.905. The van der Waals surface area contributed by atoms with E-state index in [-0.39, 0.29) is 11.8 Å². The van der Waals surface area contributed by atoms with E-state index >= 15 is 0 Å². The summed E-state index contributed by atoms with van der Waals surface area (Å²) >= 11 is 0. The molecular weight excluding hydrogens is 264 g/mol. The van der Waals surface area contributed by atoms with Crippen molar-refractivity contribution < 1.29 is 9.59 Å². The van der Waals surface area contributed by atoms with Crippen molar-refractivity contribution >= 4 is 17.5 Å². The lowest BCUT2D eigenvalue weighted by Gasteiger charge is -2.23. The van der Waals surface area contributed by atoms with Crippen LogP contribution >= 0.6 is 0 Å². The van der Waals surface area contributed by atoms with E-state index in [4.69, 9.17) is 0 Å². The summed E-state index contributed by atoms with van der Waals surface area (Å²) in [6, 6.07) is 5.65. The standard InChI is InChI=1S/C17H22N2O2/c1-2-9-19(11-12-3-4-12)17(21)14-5-7-15-13(10-14)6-8-16(20)18-15/h5,7,10,12H,2-4,6,8-9,11H2,1H3,(H,18,20). The first-order valence-electron chi connectivity index (χ1n) is 7.89. The van der Waals surface area contributed by atoms with Gasteiger partial charge in [0.1, 0.15) is 0 Å². The van der Waals surface area contributed by atoms with Gasteiger partial charge in [0.15, 0.2) is 0 Å². The summed E-state index contributed by atoms with van der Waals surface area (Å²) in [5, 5.41) is 2.86. The summed E-state index contributed by atoms with van der Waals surface area (Å²) < 4.78 is 0. The lowest BCUT2D eigenvalue weighted by atomic mass is 10.00. The summed E-state index contributed by atoms with van der Waals surface area (Å²) in [4.78, 5) is 26.1. The second kappa shape index (κ2) is 5.88. The number of aryl methyl sites for hydroxylation is 1. The molecule has 1 aromatic carbocycles. The van der Waals surface area contributed by atoms with Crippen molar-refractivity contribution in [3.63, 3.8) is 0 Å². The number of amides is 2. The van der Waals surface area contributed by atoms with Gasteiger partial charge in [0, 0.05) is 30.8 Å². The highest BCUT2D eigenvalue weighted by molar-refractivity contribution is 5.98. The Labute approximate surface area is 125 Å². The van der Waals surface area contributed by atoms with Crippen LogP contribution in [-0.2, 0) is 11.2 Å². The Hall–Kier alpha value is -1.84. The highest BCUT2D eigenvalue weighted by atomic mass is 16.2. The van der Waals surface area contributed by atoms with E-state index in [1.54, 1.807) is 0 Å². The van der Waals surface area contributed by atoms with E-state index in [0.717, 1.165) is 42.7 Å². The molecule has 0 bridgehead atoms. The molecule has 0 spiro atoms. The lowest BCUT2D eigenvalue weighted by molar-refractivity contribution is -0.116. The maximum absolute atomic E-state index is 12.7. The molecule has 1 fully saturated rings. The van der Waals surface area contributed by atoms with Gasteiger partial charge in [-0.3, -0.25) is 9.59 Å². The Morgan fingerprint density at radius 1 is 1.33 bits per heavy atom. The fourth-order valence-electron chi connectivity index (χ4n) is 2.86. The fraction of sp³-hybridized carbons (Fsp3) is 0.529.